The molecule has 1 N–H and O–H groups in total. The fraction of sp³-hybridized carbons (Fsp3) is 0.125. The summed E-state index contributed by atoms with van der Waals surface area (Å²) in [5.74, 6) is -1.61. The summed E-state index contributed by atoms with van der Waals surface area (Å²) in [6, 6.07) is 19.0. The van der Waals surface area contributed by atoms with Crippen molar-refractivity contribution in [2.45, 2.75) is 19.9 Å². The Kier molecular flexibility index (Phi) is 4.72. The van der Waals surface area contributed by atoms with E-state index in [1.165, 1.54) is 4.90 Å². The number of aryl methyl sites for hydroxylation is 2. The van der Waals surface area contributed by atoms with E-state index in [1.54, 1.807) is 48.7 Å². The molecule has 1 saturated heterocycles. The minimum Gasteiger partial charge on any atom is -0.507 e. The summed E-state index contributed by atoms with van der Waals surface area (Å²) >= 11 is 0. The van der Waals surface area contributed by atoms with Crippen LogP contribution in [0.15, 0.2) is 78.5 Å². The number of hydrogen-bond donors (Lipinski definition) is 1. The zero-order valence-corrected chi connectivity index (χ0v) is 16.2. The van der Waals surface area contributed by atoms with Crippen molar-refractivity contribution in [3.8, 4) is 0 Å². The van der Waals surface area contributed by atoms with Gasteiger partial charge in [0, 0.05) is 17.4 Å². The smallest absolute Gasteiger partial charge is 0.300 e. The molecular formula is C24H20N2O3. The van der Waals surface area contributed by atoms with E-state index in [4.69, 9.17) is 0 Å². The van der Waals surface area contributed by atoms with Crippen LogP contribution < -0.4 is 4.90 Å². The van der Waals surface area contributed by atoms with Crippen LogP contribution in [-0.4, -0.2) is 21.8 Å². The third kappa shape index (κ3) is 3.31. The molecule has 1 amide bonds. The fourth-order valence-corrected chi connectivity index (χ4v) is 3.49. The molecule has 1 aromatic heterocycles. The van der Waals surface area contributed by atoms with E-state index in [0.29, 0.717) is 16.9 Å². The lowest BCUT2D eigenvalue weighted by Crippen LogP contribution is -2.29. The van der Waals surface area contributed by atoms with Crippen molar-refractivity contribution in [3.63, 3.8) is 0 Å². The number of aromatic nitrogens is 1. The van der Waals surface area contributed by atoms with E-state index in [2.05, 4.69) is 4.98 Å². The highest BCUT2D eigenvalue weighted by Gasteiger charge is 2.47. The van der Waals surface area contributed by atoms with Gasteiger partial charge in [0.25, 0.3) is 11.7 Å². The van der Waals surface area contributed by atoms with Gasteiger partial charge in [0.15, 0.2) is 0 Å². The topological polar surface area (TPSA) is 70.5 Å². The molecule has 0 radical (unpaired) electrons. The fourth-order valence-electron chi connectivity index (χ4n) is 3.49. The van der Waals surface area contributed by atoms with Gasteiger partial charge in [-0.25, -0.2) is 0 Å². The van der Waals surface area contributed by atoms with Crippen molar-refractivity contribution in [2.75, 3.05) is 4.90 Å². The van der Waals surface area contributed by atoms with Crippen molar-refractivity contribution >= 4 is 23.1 Å². The molecule has 0 saturated carbocycles. The van der Waals surface area contributed by atoms with Crippen molar-refractivity contribution < 1.29 is 14.7 Å². The first-order valence-corrected chi connectivity index (χ1v) is 9.33. The second-order valence-electron chi connectivity index (χ2n) is 7.13. The molecule has 1 unspecified atom stereocenters. The predicted octanol–water partition coefficient (Wildman–Crippen LogP) is 4.32. The third-order valence-corrected chi connectivity index (χ3v) is 5.05. The van der Waals surface area contributed by atoms with Gasteiger partial charge in [-0.2, -0.15) is 0 Å². The van der Waals surface area contributed by atoms with Gasteiger partial charge in [0.1, 0.15) is 11.8 Å². The normalized spacial score (nSPS) is 18.3. The lowest BCUT2D eigenvalue weighted by molar-refractivity contribution is -0.132. The van der Waals surface area contributed by atoms with Gasteiger partial charge in [0.05, 0.1) is 11.3 Å². The maximum absolute atomic E-state index is 13.0. The molecule has 144 valence electrons. The van der Waals surface area contributed by atoms with Gasteiger partial charge >= 0.3 is 0 Å². The largest absolute Gasteiger partial charge is 0.507 e. The third-order valence-electron chi connectivity index (χ3n) is 5.05. The molecule has 3 aromatic rings. The molecule has 2 aromatic carbocycles. The molecule has 0 spiro atoms. The van der Waals surface area contributed by atoms with Gasteiger partial charge < -0.3 is 5.11 Å². The van der Waals surface area contributed by atoms with Crippen LogP contribution in [0.1, 0.15) is 28.4 Å². The summed E-state index contributed by atoms with van der Waals surface area (Å²) in [5, 5.41) is 11.0. The first kappa shape index (κ1) is 18.6. The van der Waals surface area contributed by atoms with Crippen LogP contribution in [0.25, 0.3) is 5.76 Å². The van der Waals surface area contributed by atoms with E-state index in [-0.39, 0.29) is 11.3 Å². The van der Waals surface area contributed by atoms with Crippen LogP contribution in [0.5, 0.6) is 0 Å². The monoisotopic (exact) mass is 384 g/mol. The highest BCUT2D eigenvalue weighted by Crippen LogP contribution is 2.41. The minimum absolute atomic E-state index is 0.0399. The highest BCUT2D eigenvalue weighted by atomic mass is 16.3. The number of ketones is 1. The Morgan fingerprint density at radius 1 is 0.897 bits per heavy atom. The van der Waals surface area contributed by atoms with E-state index in [1.807, 2.05) is 38.1 Å². The number of anilines is 1. The van der Waals surface area contributed by atoms with Gasteiger partial charge in [-0.15, -0.1) is 0 Å². The van der Waals surface area contributed by atoms with Crippen LogP contribution in [0.4, 0.5) is 5.69 Å². The molecule has 0 aliphatic carbocycles. The molecule has 29 heavy (non-hydrogen) atoms. The standard InChI is InChI=1S/C24H20N2O3/c1-15-6-10-17(11-7-15)22(27)20-21(19-5-3-4-14-25-19)26(24(29)23(20)28)18-12-8-16(2)9-13-18/h3-14,21,27H,1-2H3/b22-20-. The summed E-state index contributed by atoms with van der Waals surface area (Å²) < 4.78 is 0. The number of nitrogens with zero attached hydrogens (tertiary/aromatic N) is 2. The second kappa shape index (κ2) is 7.36. The molecule has 1 fully saturated rings. The molecule has 1 atom stereocenters. The molecule has 5 heteroatoms. The Hall–Kier alpha value is -3.73. The zero-order valence-electron chi connectivity index (χ0n) is 16.2. The lowest BCUT2D eigenvalue weighted by atomic mass is 9.97. The zero-order chi connectivity index (χ0) is 20.5. The Labute approximate surface area is 169 Å². The van der Waals surface area contributed by atoms with E-state index in [0.717, 1.165) is 11.1 Å². The number of rotatable bonds is 3. The molecular weight excluding hydrogens is 364 g/mol. The predicted molar refractivity (Wildman–Crippen MR) is 111 cm³/mol. The Balaban J connectivity index is 1.93. The minimum atomic E-state index is -0.805. The maximum Gasteiger partial charge on any atom is 0.300 e. The van der Waals surface area contributed by atoms with Gasteiger partial charge in [-0.05, 0) is 38.1 Å². The van der Waals surface area contributed by atoms with Crippen molar-refractivity contribution in [1.29, 1.82) is 0 Å². The van der Waals surface area contributed by atoms with Crippen LogP contribution in [0.3, 0.4) is 0 Å². The number of aliphatic hydroxyl groups is 1. The van der Waals surface area contributed by atoms with Crippen LogP contribution in [0.2, 0.25) is 0 Å². The number of amides is 1. The Bertz CT molecular complexity index is 1100. The van der Waals surface area contributed by atoms with Gasteiger partial charge in [-0.1, -0.05) is 53.6 Å². The first-order valence-electron chi connectivity index (χ1n) is 9.33. The number of hydrogen-bond acceptors (Lipinski definition) is 4. The summed E-state index contributed by atoms with van der Waals surface area (Å²) in [5.41, 5.74) is 3.69. The molecule has 2 heterocycles. The van der Waals surface area contributed by atoms with E-state index >= 15 is 0 Å². The Morgan fingerprint density at radius 2 is 1.52 bits per heavy atom. The van der Waals surface area contributed by atoms with Crippen LogP contribution in [0, 0.1) is 13.8 Å². The van der Waals surface area contributed by atoms with Crippen molar-refractivity contribution in [2.24, 2.45) is 0 Å². The molecule has 4 rings (SSSR count). The summed E-state index contributed by atoms with van der Waals surface area (Å²) in [4.78, 5) is 31.7. The van der Waals surface area contributed by atoms with Crippen LogP contribution in [-0.2, 0) is 9.59 Å². The summed E-state index contributed by atoms with van der Waals surface area (Å²) in [6.45, 7) is 3.89. The number of benzene rings is 2. The molecule has 5 nitrogen and oxygen atoms in total. The molecule has 1 aliphatic rings. The van der Waals surface area contributed by atoms with E-state index in [9.17, 15) is 14.7 Å². The van der Waals surface area contributed by atoms with E-state index < -0.39 is 17.7 Å². The SMILES string of the molecule is Cc1ccc(/C(O)=C2/C(=O)C(=O)N(c3ccc(C)cc3)C2c2ccccn2)cc1. The highest BCUT2D eigenvalue weighted by molar-refractivity contribution is 6.51. The maximum atomic E-state index is 13.0. The number of Topliss-reactive ketones (excluding diaryl/α,β-unsaturated/α-hetero) is 1. The number of carbonyl (C=O) groups is 2. The van der Waals surface area contributed by atoms with Gasteiger partial charge in [0.2, 0.25) is 0 Å². The molecule has 1 aliphatic heterocycles. The second-order valence-corrected chi connectivity index (χ2v) is 7.13. The number of pyridine rings is 1. The molecule has 0 bridgehead atoms. The van der Waals surface area contributed by atoms with Gasteiger partial charge in [-0.3, -0.25) is 19.5 Å². The Morgan fingerprint density at radius 3 is 2.10 bits per heavy atom. The average Bonchev–Trinajstić information content (AvgIpc) is 3.00. The lowest BCUT2D eigenvalue weighted by Gasteiger charge is -2.24. The number of aliphatic hydroxyl groups excluding tert-OH is 1. The quantitative estimate of drug-likeness (QED) is 0.415. The summed E-state index contributed by atoms with van der Waals surface area (Å²) in [6.07, 6.45) is 1.61. The van der Waals surface area contributed by atoms with Crippen LogP contribution >= 0.6 is 0 Å². The number of carbonyl (C=O) groups excluding carboxylic acids is 2. The van der Waals surface area contributed by atoms with Crippen molar-refractivity contribution in [1.82, 2.24) is 4.98 Å². The van der Waals surface area contributed by atoms with Crippen molar-refractivity contribution in [3.05, 3.63) is 101 Å². The summed E-state index contributed by atoms with van der Waals surface area (Å²) in [7, 11) is 0. The first-order chi connectivity index (χ1) is 14.0. The average molecular weight is 384 g/mol.